The van der Waals surface area contributed by atoms with E-state index in [1.165, 1.54) is 0 Å². The summed E-state index contributed by atoms with van der Waals surface area (Å²) in [7, 11) is 0. The molecular formula is C21H26N4O3. The van der Waals surface area contributed by atoms with Crippen LogP contribution in [-0.2, 0) is 4.74 Å². The summed E-state index contributed by atoms with van der Waals surface area (Å²) in [5.74, 6) is -0.205. The van der Waals surface area contributed by atoms with Crippen molar-refractivity contribution < 1.29 is 14.3 Å². The van der Waals surface area contributed by atoms with Crippen LogP contribution in [0.3, 0.4) is 0 Å². The average molecular weight is 382 g/mol. The van der Waals surface area contributed by atoms with E-state index in [1.54, 1.807) is 31.2 Å². The smallest absolute Gasteiger partial charge is 0.340 e. The van der Waals surface area contributed by atoms with Gasteiger partial charge < -0.3 is 15.0 Å². The van der Waals surface area contributed by atoms with Crippen LogP contribution in [0.4, 0.5) is 11.6 Å². The molecule has 1 aliphatic rings. The van der Waals surface area contributed by atoms with Gasteiger partial charge in [-0.3, -0.25) is 4.79 Å². The molecule has 1 aromatic heterocycles. The number of hydrogen-bond acceptors (Lipinski definition) is 6. The van der Waals surface area contributed by atoms with Gasteiger partial charge in [-0.2, -0.15) is 0 Å². The number of aromatic nitrogens is 2. The Morgan fingerprint density at radius 2 is 1.82 bits per heavy atom. The number of hydrogen-bond donors (Lipinski definition) is 1. The van der Waals surface area contributed by atoms with E-state index >= 15 is 0 Å². The highest BCUT2D eigenvalue weighted by atomic mass is 16.5. The van der Waals surface area contributed by atoms with E-state index in [4.69, 9.17) is 4.74 Å². The number of para-hydroxylation sites is 1. The van der Waals surface area contributed by atoms with E-state index in [9.17, 15) is 9.59 Å². The molecule has 7 nitrogen and oxygen atoms in total. The Morgan fingerprint density at radius 1 is 1.11 bits per heavy atom. The molecule has 0 bridgehead atoms. The van der Waals surface area contributed by atoms with Crippen LogP contribution in [-0.4, -0.2) is 46.4 Å². The minimum absolute atomic E-state index is 0.0749. The fraction of sp³-hybridized carbons (Fsp3) is 0.429. The molecule has 0 unspecified atom stereocenters. The third-order valence-electron chi connectivity index (χ3n) is 4.64. The summed E-state index contributed by atoms with van der Waals surface area (Å²) in [6, 6.07) is 8.72. The molecule has 0 aliphatic carbocycles. The molecular weight excluding hydrogens is 356 g/mol. The van der Waals surface area contributed by atoms with Gasteiger partial charge in [0, 0.05) is 18.8 Å². The molecule has 2 aromatic rings. The predicted octanol–water partition coefficient (Wildman–Crippen LogP) is 3.72. The lowest BCUT2D eigenvalue weighted by molar-refractivity contribution is 0.0527. The molecule has 28 heavy (non-hydrogen) atoms. The Balaban J connectivity index is 1.84. The van der Waals surface area contributed by atoms with Gasteiger partial charge in [0.05, 0.1) is 17.9 Å². The molecule has 3 rings (SSSR count). The molecule has 0 saturated carbocycles. The lowest BCUT2D eigenvalue weighted by Crippen LogP contribution is -2.32. The van der Waals surface area contributed by atoms with Crippen molar-refractivity contribution in [1.29, 1.82) is 0 Å². The van der Waals surface area contributed by atoms with Crippen LogP contribution < -0.4 is 5.32 Å². The summed E-state index contributed by atoms with van der Waals surface area (Å²) < 4.78 is 5.10. The van der Waals surface area contributed by atoms with E-state index in [2.05, 4.69) is 15.3 Å². The number of nitrogens with zero attached hydrogens (tertiary/aromatic N) is 3. The minimum Gasteiger partial charge on any atom is -0.462 e. The first-order valence-corrected chi connectivity index (χ1v) is 9.76. The maximum absolute atomic E-state index is 12.9. The second kappa shape index (κ2) is 9.30. The lowest BCUT2D eigenvalue weighted by Gasteiger charge is -2.20. The average Bonchev–Trinajstić information content (AvgIpc) is 2.97. The Morgan fingerprint density at radius 3 is 2.54 bits per heavy atom. The zero-order valence-corrected chi connectivity index (χ0v) is 16.4. The number of anilines is 2. The van der Waals surface area contributed by atoms with Gasteiger partial charge in [-0.05, 0) is 44.9 Å². The maximum Gasteiger partial charge on any atom is 0.340 e. The number of benzene rings is 1. The predicted molar refractivity (Wildman–Crippen MR) is 107 cm³/mol. The van der Waals surface area contributed by atoms with Crippen LogP contribution in [0.25, 0.3) is 0 Å². The van der Waals surface area contributed by atoms with Gasteiger partial charge in [-0.25, -0.2) is 14.8 Å². The molecule has 0 spiro atoms. The van der Waals surface area contributed by atoms with Crippen molar-refractivity contribution in [3.05, 3.63) is 47.3 Å². The van der Waals surface area contributed by atoms with Crippen LogP contribution >= 0.6 is 0 Å². The van der Waals surface area contributed by atoms with Gasteiger partial charge in [0.1, 0.15) is 5.69 Å². The van der Waals surface area contributed by atoms with E-state index in [-0.39, 0.29) is 11.9 Å². The van der Waals surface area contributed by atoms with Crippen molar-refractivity contribution in [2.75, 3.05) is 25.0 Å². The minimum atomic E-state index is -0.417. The summed E-state index contributed by atoms with van der Waals surface area (Å²) in [6.07, 6.45) is 4.36. The third-order valence-corrected chi connectivity index (χ3v) is 4.64. The van der Waals surface area contributed by atoms with Crippen LogP contribution in [0.15, 0.2) is 30.3 Å². The largest absolute Gasteiger partial charge is 0.462 e. The molecule has 0 atom stereocenters. The van der Waals surface area contributed by atoms with Crippen LogP contribution in [0.2, 0.25) is 0 Å². The highest BCUT2D eigenvalue weighted by Gasteiger charge is 2.20. The molecule has 148 valence electrons. The van der Waals surface area contributed by atoms with Crippen LogP contribution in [0.5, 0.6) is 0 Å². The molecule has 7 heteroatoms. The van der Waals surface area contributed by atoms with Crippen molar-refractivity contribution in [3.63, 3.8) is 0 Å². The molecule has 1 amide bonds. The summed E-state index contributed by atoms with van der Waals surface area (Å²) in [4.78, 5) is 35.7. The van der Waals surface area contributed by atoms with Crippen molar-refractivity contribution >= 4 is 23.5 Å². The number of carbonyl (C=O) groups excluding carboxylic acids is 2. The third kappa shape index (κ3) is 4.85. The summed E-state index contributed by atoms with van der Waals surface area (Å²) in [5, 5.41) is 3.07. The number of amides is 1. The van der Waals surface area contributed by atoms with Gasteiger partial charge >= 0.3 is 5.97 Å². The summed E-state index contributed by atoms with van der Waals surface area (Å²) in [6.45, 7) is 5.40. The first-order chi connectivity index (χ1) is 13.6. The van der Waals surface area contributed by atoms with Crippen LogP contribution in [0.1, 0.15) is 59.1 Å². The molecule has 1 aromatic carbocycles. The highest BCUT2D eigenvalue weighted by Crippen LogP contribution is 2.21. The first kappa shape index (κ1) is 19.8. The Labute approximate surface area is 165 Å². The Hall–Kier alpha value is -2.96. The number of esters is 1. The Bertz CT molecular complexity index is 845. The first-order valence-electron chi connectivity index (χ1n) is 9.76. The normalized spacial score (nSPS) is 14.3. The summed E-state index contributed by atoms with van der Waals surface area (Å²) in [5.41, 5.74) is 1.99. The van der Waals surface area contributed by atoms with Gasteiger partial charge in [0.2, 0.25) is 5.95 Å². The molecule has 0 radical (unpaired) electrons. The monoisotopic (exact) mass is 382 g/mol. The maximum atomic E-state index is 12.9. The second-order valence-corrected chi connectivity index (χ2v) is 6.82. The molecule has 1 aliphatic heterocycles. The van der Waals surface area contributed by atoms with Gasteiger partial charge in [-0.15, -0.1) is 0 Å². The highest BCUT2D eigenvalue weighted by molar-refractivity contribution is 5.96. The molecule has 1 fully saturated rings. The number of ether oxygens (including phenoxy) is 1. The molecule has 1 saturated heterocycles. The topological polar surface area (TPSA) is 84.4 Å². The number of rotatable bonds is 5. The SMILES string of the molecule is CCOC(=O)c1ccccc1Nc1nc(C)cc(C(=O)N2CCCCCC2)n1. The van der Waals surface area contributed by atoms with E-state index in [1.807, 2.05) is 17.9 Å². The van der Waals surface area contributed by atoms with Gasteiger partial charge in [-0.1, -0.05) is 25.0 Å². The van der Waals surface area contributed by atoms with Crippen molar-refractivity contribution in [2.45, 2.75) is 39.5 Å². The molecule has 1 N–H and O–H groups in total. The quantitative estimate of drug-likeness (QED) is 0.794. The van der Waals surface area contributed by atoms with Crippen molar-refractivity contribution in [1.82, 2.24) is 14.9 Å². The lowest BCUT2D eigenvalue weighted by atomic mass is 10.2. The van der Waals surface area contributed by atoms with Gasteiger partial charge in [0.25, 0.3) is 5.91 Å². The fourth-order valence-corrected chi connectivity index (χ4v) is 3.27. The second-order valence-electron chi connectivity index (χ2n) is 6.82. The van der Waals surface area contributed by atoms with Crippen molar-refractivity contribution in [3.8, 4) is 0 Å². The van der Waals surface area contributed by atoms with E-state index in [0.29, 0.717) is 29.2 Å². The number of nitrogens with one attached hydrogen (secondary N) is 1. The van der Waals surface area contributed by atoms with E-state index in [0.717, 1.165) is 38.8 Å². The standard InChI is InChI=1S/C21H26N4O3/c1-3-28-20(27)16-10-6-7-11-17(16)23-21-22-15(2)14-18(24-21)19(26)25-12-8-4-5-9-13-25/h6-7,10-11,14H,3-5,8-9,12-13H2,1-2H3,(H,22,23,24). The zero-order valence-electron chi connectivity index (χ0n) is 16.4. The van der Waals surface area contributed by atoms with Gasteiger partial charge in [0.15, 0.2) is 0 Å². The number of aryl methyl sites for hydroxylation is 1. The Kier molecular flexibility index (Phi) is 6.57. The van der Waals surface area contributed by atoms with E-state index < -0.39 is 5.97 Å². The molecule has 2 heterocycles. The van der Waals surface area contributed by atoms with Crippen molar-refractivity contribution in [2.24, 2.45) is 0 Å². The fourth-order valence-electron chi connectivity index (χ4n) is 3.27. The number of carbonyl (C=O) groups is 2. The number of likely N-dealkylation sites (tertiary alicyclic amines) is 1. The van der Waals surface area contributed by atoms with Crippen LogP contribution in [0, 0.1) is 6.92 Å². The zero-order chi connectivity index (χ0) is 19.9. The summed E-state index contributed by atoms with van der Waals surface area (Å²) >= 11 is 0.